The van der Waals surface area contributed by atoms with Gasteiger partial charge in [-0.3, -0.25) is 0 Å². The van der Waals surface area contributed by atoms with Gasteiger partial charge >= 0.3 is 0 Å². The maximum Gasteiger partial charge on any atom is 0.164 e. The van der Waals surface area contributed by atoms with Crippen molar-refractivity contribution in [2.24, 2.45) is 0 Å². The van der Waals surface area contributed by atoms with Gasteiger partial charge in [-0.1, -0.05) is 152 Å². The monoisotopic (exact) mass is 765 g/mol. The summed E-state index contributed by atoms with van der Waals surface area (Å²) >= 11 is 1.82. The molecule has 0 N–H and O–H groups in total. The summed E-state index contributed by atoms with van der Waals surface area (Å²) in [5, 5.41) is 17.3. The van der Waals surface area contributed by atoms with Crippen LogP contribution in [0, 0.1) is 0 Å². The largest absolute Gasteiger partial charge is 0.208 e. The van der Waals surface area contributed by atoms with E-state index in [2.05, 4.69) is 188 Å². The SMILES string of the molecule is c1ccc(-c2ccccc2-c2nc(-c3ccc4sc5ccccc5c4c3)nc(-c3cc4ccc5cccc6c7cccc8ccc9cccc(c(c3)c4c56)c9c87)n2)cc1. The molecule has 0 fully saturated rings. The first-order valence-corrected chi connectivity index (χ1v) is 20.8. The Morgan fingerprint density at radius 2 is 0.780 bits per heavy atom. The van der Waals surface area contributed by atoms with E-state index in [1.165, 1.54) is 79.4 Å². The fourth-order valence-corrected chi connectivity index (χ4v) is 10.7. The van der Waals surface area contributed by atoms with Crippen molar-refractivity contribution in [3.05, 3.63) is 188 Å². The lowest BCUT2D eigenvalue weighted by molar-refractivity contribution is 1.08. The Morgan fingerprint density at radius 1 is 0.271 bits per heavy atom. The van der Waals surface area contributed by atoms with Crippen molar-refractivity contribution in [3.8, 4) is 45.3 Å². The first-order valence-electron chi connectivity index (χ1n) is 20.0. The van der Waals surface area contributed by atoms with Crippen LogP contribution in [0.1, 0.15) is 0 Å². The third kappa shape index (κ3) is 4.91. The van der Waals surface area contributed by atoms with Gasteiger partial charge in [0, 0.05) is 36.9 Å². The Kier molecular flexibility index (Phi) is 6.89. The second-order valence-corrected chi connectivity index (χ2v) is 16.6. The number of thiophene rings is 1. The van der Waals surface area contributed by atoms with Crippen molar-refractivity contribution in [1.82, 2.24) is 15.0 Å². The molecule has 0 atom stereocenters. The first-order chi connectivity index (χ1) is 29.2. The van der Waals surface area contributed by atoms with Crippen LogP contribution in [-0.2, 0) is 0 Å². The van der Waals surface area contributed by atoms with E-state index in [1.54, 1.807) is 0 Å². The van der Waals surface area contributed by atoms with E-state index >= 15 is 0 Å². The minimum Gasteiger partial charge on any atom is -0.208 e. The zero-order valence-corrected chi connectivity index (χ0v) is 32.5. The Balaban J connectivity index is 1.15. The lowest BCUT2D eigenvalue weighted by Gasteiger charge is -2.17. The number of benzene rings is 10. The highest BCUT2D eigenvalue weighted by Gasteiger charge is 2.20. The minimum atomic E-state index is 0.641. The molecule has 0 aliphatic carbocycles. The van der Waals surface area contributed by atoms with Crippen molar-refractivity contribution in [1.29, 1.82) is 0 Å². The third-order valence-corrected chi connectivity index (χ3v) is 13.4. The van der Waals surface area contributed by atoms with E-state index in [9.17, 15) is 0 Å². The van der Waals surface area contributed by atoms with Crippen LogP contribution in [0.15, 0.2) is 188 Å². The normalized spacial score (nSPS) is 12.1. The number of hydrogen-bond donors (Lipinski definition) is 0. The molecule has 11 aromatic carbocycles. The zero-order valence-electron chi connectivity index (χ0n) is 31.6. The van der Waals surface area contributed by atoms with Gasteiger partial charge in [-0.25, -0.2) is 15.0 Å². The molecule has 2 heterocycles. The summed E-state index contributed by atoms with van der Waals surface area (Å²) < 4.78 is 2.52. The lowest BCUT2D eigenvalue weighted by atomic mass is 9.87. The Morgan fingerprint density at radius 3 is 1.49 bits per heavy atom. The molecule has 4 heteroatoms. The van der Waals surface area contributed by atoms with Crippen LogP contribution in [0.5, 0.6) is 0 Å². The van der Waals surface area contributed by atoms with Crippen molar-refractivity contribution in [3.63, 3.8) is 0 Å². The van der Waals surface area contributed by atoms with Gasteiger partial charge in [-0.15, -0.1) is 11.3 Å². The predicted molar refractivity (Wildman–Crippen MR) is 251 cm³/mol. The number of nitrogens with zero attached hydrogens (tertiary/aromatic N) is 3. The summed E-state index contributed by atoms with van der Waals surface area (Å²) in [6.07, 6.45) is 0. The van der Waals surface area contributed by atoms with Crippen LogP contribution in [-0.4, -0.2) is 15.0 Å². The third-order valence-electron chi connectivity index (χ3n) is 12.2. The summed E-state index contributed by atoms with van der Waals surface area (Å²) in [5.41, 5.74) is 5.07. The Labute approximate surface area is 342 Å². The molecule has 3 nitrogen and oxygen atoms in total. The maximum atomic E-state index is 5.39. The Bertz CT molecular complexity index is 3840. The van der Waals surface area contributed by atoms with Crippen molar-refractivity contribution in [2.75, 3.05) is 0 Å². The maximum absolute atomic E-state index is 5.39. The van der Waals surface area contributed by atoms with E-state index in [1.807, 2.05) is 11.3 Å². The van der Waals surface area contributed by atoms with Crippen molar-refractivity contribution in [2.45, 2.75) is 0 Å². The number of fused-ring (bicyclic) bond motifs is 5. The molecule has 0 saturated carbocycles. The average Bonchev–Trinajstić information content (AvgIpc) is 3.68. The van der Waals surface area contributed by atoms with E-state index in [4.69, 9.17) is 15.0 Å². The molecule has 0 unspecified atom stereocenters. The minimum absolute atomic E-state index is 0.641. The van der Waals surface area contributed by atoms with Gasteiger partial charge in [-0.2, -0.15) is 0 Å². The first kappa shape index (κ1) is 32.5. The summed E-state index contributed by atoms with van der Waals surface area (Å²) in [5.74, 6) is 1.93. The lowest BCUT2D eigenvalue weighted by Crippen LogP contribution is -2.01. The molecule has 13 aromatic rings. The van der Waals surface area contributed by atoms with E-state index in [-0.39, 0.29) is 0 Å². The van der Waals surface area contributed by atoms with Gasteiger partial charge in [0.2, 0.25) is 0 Å². The summed E-state index contributed by atoms with van der Waals surface area (Å²) in [6.45, 7) is 0. The van der Waals surface area contributed by atoms with Gasteiger partial charge < -0.3 is 0 Å². The Hall–Kier alpha value is -7.53. The molecule has 0 radical (unpaired) electrons. The summed E-state index contributed by atoms with van der Waals surface area (Å²) in [4.78, 5) is 16.1. The van der Waals surface area contributed by atoms with Gasteiger partial charge in [-0.05, 0) is 112 Å². The van der Waals surface area contributed by atoms with Gasteiger partial charge in [0.05, 0.1) is 0 Å². The van der Waals surface area contributed by atoms with Gasteiger partial charge in [0.15, 0.2) is 17.5 Å². The van der Waals surface area contributed by atoms with E-state index in [0.29, 0.717) is 17.5 Å². The topological polar surface area (TPSA) is 38.7 Å². The molecule has 0 aliphatic heterocycles. The standard InChI is InChI=1S/C55H31N3S/c1-2-11-32(12-3-1)39-16-4-5-18-44(39)55-57-53(37-27-28-48-45(30-37)40-17-6-7-22-47(40)59-48)56-54(58-55)38-29-36-26-25-35-14-9-20-42-41-19-8-13-33-23-24-34-15-10-21-43(51(34)49(33)41)46(31-38)52(36)50(35)42/h1-31H. The molecule has 13 rings (SSSR count). The fourth-order valence-electron chi connectivity index (χ4n) is 9.58. The molecule has 0 aliphatic rings. The summed E-state index contributed by atoms with van der Waals surface area (Å²) in [7, 11) is 0. The molecule has 0 saturated heterocycles. The molecule has 0 bridgehead atoms. The van der Waals surface area contributed by atoms with Crippen LogP contribution in [0.4, 0.5) is 0 Å². The van der Waals surface area contributed by atoms with Gasteiger partial charge in [0.1, 0.15) is 0 Å². The summed E-state index contributed by atoms with van der Waals surface area (Å²) in [6, 6.07) is 68.1. The molecule has 272 valence electrons. The van der Waals surface area contributed by atoms with Crippen LogP contribution >= 0.6 is 11.3 Å². The van der Waals surface area contributed by atoms with Gasteiger partial charge in [0.25, 0.3) is 0 Å². The fraction of sp³-hybridized carbons (Fsp3) is 0. The molecule has 0 amide bonds. The molecular formula is C55H31N3S. The number of rotatable bonds is 4. The number of hydrogen-bond acceptors (Lipinski definition) is 4. The van der Waals surface area contributed by atoms with Crippen molar-refractivity contribution >= 4 is 96.1 Å². The van der Waals surface area contributed by atoms with E-state index < -0.39 is 0 Å². The second kappa shape index (κ2) is 12.5. The van der Waals surface area contributed by atoms with Crippen LogP contribution in [0.3, 0.4) is 0 Å². The van der Waals surface area contributed by atoms with Crippen molar-refractivity contribution < 1.29 is 0 Å². The molecule has 59 heavy (non-hydrogen) atoms. The molecule has 2 aromatic heterocycles. The zero-order chi connectivity index (χ0) is 38.6. The highest BCUT2D eigenvalue weighted by Crippen LogP contribution is 2.45. The quantitative estimate of drug-likeness (QED) is 0.168. The molecular weight excluding hydrogens is 735 g/mol. The second-order valence-electron chi connectivity index (χ2n) is 15.5. The van der Waals surface area contributed by atoms with E-state index in [0.717, 1.165) is 33.2 Å². The number of aromatic nitrogens is 3. The average molecular weight is 766 g/mol. The van der Waals surface area contributed by atoms with Crippen LogP contribution in [0.25, 0.3) is 130 Å². The highest BCUT2D eigenvalue weighted by molar-refractivity contribution is 7.25. The highest BCUT2D eigenvalue weighted by atomic mass is 32.1. The predicted octanol–water partition coefficient (Wildman–Crippen LogP) is 15.3. The van der Waals surface area contributed by atoms with Crippen LogP contribution in [0.2, 0.25) is 0 Å². The van der Waals surface area contributed by atoms with Crippen LogP contribution < -0.4 is 0 Å². The smallest absolute Gasteiger partial charge is 0.164 e. The molecule has 0 spiro atoms.